The lowest BCUT2D eigenvalue weighted by atomic mass is 10.2. The van der Waals surface area contributed by atoms with E-state index >= 15 is 0 Å². The third kappa shape index (κ3) is 3.64. The predicted molar refractivity (Wildman–Crippen MR) is 104 cm³/mol. The number of fused-ring (bicyclic) bond motifs is 1. The van der Waals surface area contributed by atoms with Gasteiger partial charge in [-0.05, 0) is 46.3 Å². The summed E-state index contributed by atoms with van der Waals surface area (Å²) in [6.45, 7) is 0.191. The molecule has 26 heavy (non-hydrogen) atoms. The number of carbonyl (C=O) groups is 1. The SMILES string of the molecule is C#CCn1c(=NC(=O)c2ccccc2Br)sc2cc(S(N)(=O)=O)ccc21. The molecular weight excluding hydrogens is 438 g/mol. The molecule has 0 aliphatic rings. The lowest BCUT2D eigenvalue weighted by molar-refractivity contribution is 0.0997. The van der Waals surface area contributed by atoms with Gasteiger partial charge in [-0.2, -0.15) is 4.99 Å². The molecule has 0 saturated heterocycles. The van der Waals surface area contributed by atoms with Crippen molar-refractivity contribution in [2.24, 2.45) is 10.1 Å². The van der Waals surface area contributed by atoms with Gasteiger partial charge in [-0.25, -0.2) is 13.6 Å². The summed E-state index contributed by atoms with van der Waals surface area (Å²) in [7, 11) is -3.83. The summed E-state index contributed by atoms with van der Waals surface area (Å²) in [4.78, 5) is 17.1. The lowest BCUT2D eigenvalue weighted by Crippen LogP contribution is -2.16. The molecule has 0 spiro atoms. The first kappa shape index (κ1) is 18.5. The van der Waals surface area contributed by atoms with Gasteiger partial charge >= 0.3 is 0 Å². The summed E-state index contributed by atoms with van der Waals surface area (Å²) < 4.78 is 26.0. The number of nitrogens with two attached hydrogens (primary N) is 1. The molecule has 0 unspecified atom stereocenters. The molecular formula is C17H12BrN3O3S2. The highest BCUT2D eigenvalue weighted by Crippen LogP contribution is 2.22. The molecule has 0 aliphatic carbocycles. The second kappa shape index (κ2) is 7.17. The molecule has 0 aliphatic heterocycles. The van der Waals surface area contributed by atoms with Crippen LogP contribution in [0.15, 0.2) is 56.8 Å². The van der Waals surface area contributed by atoms with E-state index in [-0.39, 0.29) is 11.4 Å². The molecule has 1 amide bonds. The molecule has 0 radical (unpaired) electrons. The van der Waals surface area contributed by atoms with Crippen LogP contribution in [0, 0.1) is 12.3 Å². The maximum absolute atomic E-state index is 12.5. The Hall–Kier alpha value is -2.25. The fraction of sp³-hybridized carbons (Fsp3) is 0.0588. The number of amides is 1. The molecule has 6 nitrogen and oxygen atoms in total. The molecule has 0 bridgehead atoms. The van der Waals surface area contributed by atoms with E-state index in [2.05, 4.69) is 26.8 Å². The molecule has 0 atom stereocenters. The minimum Gasteiger partial charge on any atom is -0.305 e. The van der Waals surface area contributed by atoms with Gasteiger partial charge in [0.15, 0.2) is 4.80 Å². The molecule has 1 aromatic heterocycles. The number of hydrogen-bond donors (Lipinski definition) is 1. The Kier molecular flexibility index (Phi) is 5.11. The number of carbonyl (C=O) groups excluding carboxylic acids is 1. The number of thiazole rings is 1. The van der Waals surface area contributed by atoms with Crippen molar-refractivity contribution in [1.29, 1.82) is 0 Å². The van der Waals surface area contributed by atoms with Crippen molar-refractivity contribution in [3.63, 3.8) is 0 Å². The monoisotopic (exact) mass is 449 g/mol. The zero-order valence-corrected chi connectivity index (χ0v) is 16.4. The largest absolute Gasteiger partial charge is 0.305 e. The third-order valence-electron chi connectivity index (χ3n) is 3.53. The van der Waals surface area contributed by atoms with Crippen molar-refractivity contribution in [3.05, 3.63) is 57.3 Å². The highest BCUT2D eigenvalue weighted by atomic mass is 79.9. The second-order valence-corrected chi connectivity index (χ2v) is 8.67. The lowest BCUT2D eigenvalue weighted by Gasteiger charge is -2.02. The van der Waals surface area contributed by atoms with E-state index in [1.807, 2.05) is 0 Å². The Morgan fingerprint density at radius 1 is 1.31 bits per heavy atom. The molecule has 9 heteroatoms. The van der Waals surface area contributed by atoms with Crippen molar-refractivity contribution in [2.45, 2.75) is 11.4 Å². The van der Waals surface area contributed by atoms with E-state index in [1.165, 1.54) is 23.5 Å². The molecule has 132 valence electrons. The number of nitrogens with zero attached hydrogens (tertiary/aromatic N) is 2. The smallest absolute Gasteiger partial charge is 0.280 e. The minimum absolute atomic E-state index is 0.0113. The van der Waals surface area contributed by atoms with Crippen LogP contribution >= 0.6 is 27.3 Å². The first-order valence-electron chi connectivity index (χ1n) is 7.24. The van der Waals surface area contributed by atoms with E-state index in [4.69, 9.17) is 11.6 Å². The average Bonchev–Trinajstić information content (AvgIpc) is 2.91. The van der Waals surface area contributed by atoms with Crippen LogP contribution in [0.5, 0.6) is 0 Å². The summed E-state index contributed by atoms with van der Waals surface area (Å²) in [5.74, 6) is 2.09. The van der Waals surface area contributed by atoms with Gasteiger partial charge in [0.1, 0.15) is 0 Å². The van der Waals surface area contributed by atoms with E-state index in [0.29, 0.717) is 25.1 Å². The number of aromatic nitrogens is 1. The molecule has 0 saturated carbocycles. The number of terminal acetylenes is 1. The van der Waals surface area contributed by atoms with Gasteiger partial charge < -0.3 is 4.57 Å². The summed E-state index contributed by atoms with van der Waals surface area (Å²) in [5, 5.41) is 5.18. The van der Waals surface area contributed by atoms with E-state index in [1.54, 1.807) is 34.9 Å². The predicted octanol–water partition coefficient (Wildman–Crippen LogP) is 2.49. The van der Waals surface area contributed by atoms with E-state index in [0.717, 1.165) is 0 Å². The van der Waals surface area contributed by atoms with Crippen LogP contribution < -0.4 is 9.94 Å². The van der Waals surface area contributed by atoms with Crippen LogP contribution in [0.25, 0.3) is 10.2 Å². The topological polar surface area (TPSA) is 94.5 Å². The van der Waals surface area contributed by atoms with Crippen LogP contribution in [0.1, 0.15) is 10.4 Å². The standard InChI is InChI=1S/C17H12BrN3O3S2/c1-2-9-21-14-8-7-11(26(19,23)24)10-15(14)25-17(21)20-16(22)12-5-3-4-6-13(12)18/h1,3-8,10H,9H2,(H2,19,23,24). The number of rotatable bonds is 3. The summed E-state index contributed by atoms with van der Waals surface area (Å²) in [6, 6.07) is 11.4. The van der Waals surface area contributed by atoms with Crippen LogP contribution in [0.3, 0.4) is 0 Å². The molecule has 0 fully saturated rings. The maximum Gasteiger partial charge on any atom is 0.280 e. The Balaban J connectivity index is 2.22. The highest BCUT2D eigenvalue weighted by molar-refractivity contribution is 9.10. The van der Waals surface area contributed by atoms with Gasteiger partial charge in [-0.3, -0.25) is 4.79 Å². The van der Waals surface area contributed by atoms with Crippen molar-refractivity contribution in [3.8, 4) is 12.3 Å². The molecule has 2 N–H and O–H groups in total. The van der Waals surface area contributed by atoms with Gasteiger partial charge in [-0.15, -0.1) is 6.42 Å². The summed E-state index contributed by atoms with van der Waals surface area (Å²) in [6.07, 6.45) is 5.43. The van der Waals surface area contributed by atoms with E-state index < -0.39 is 15.9 Å². The normalized spacial score (nSPS) is 12.3. The molecule has 1 heterocycles. The van der Waals surface area contributed by atoms with Gasteiger partial charge in [0, 0.05) is 4.47 Å². The van der Waals surface area contributed by atoms with Crippen molar-refractivity contribution in [1.82, 2.24) is 4.57 Å². The first-order chi connectivity index (χ1) is 12.3. The van der Waals surface area contributed by atoms with Crippen LogP contribution in [-0.4, -0.2) is 18.9 Å². The Labute approximate surface area is 162 Å². The number of halogens is 1. The summed E-state index contributed by atoms with van der Waals surface area (Å²) >= 11 is 4.50. The fourth-order valence-corrected chi connectivity index (χ4v) is 4.48. The number of primary sulfonamides is 1. The van der Waals surface area contributed by atoms with Crippen LogP contribution in [0.2, 0.25) is 0 Å². The molecule has 2 aromatic carbocycles. The van der Waals surface area contributed by atoms with Crippen molar-refractivity contribution < 1.29 is 13.2 Å². The number of sulfonamides is 1. The van der Waals surface area contributed by atoms with Gasteiger partial charge in [0.25, 0.3) is 5.91 Å². The quantitative estimate of drug-likeness (QED) is 0.622. The minimum atomic E-state index is -3.83. The average molecular weight is 450 g/mol. The van der Waals surface area contributed by atoms with Gasteiger partial charge in [-0.1, -0.05) is 29.4 Å². The van der Waals surface area contributed by atoms with E-state index in [9.17, 15) is 13.2 Å². The molecule has 3 rings (SSSR count). The number of hydrogen-bond acceptors (Lipinski definition) is 4. The van der Waals surface area contributed by atoms with Gasteiger partial charge in [0.2, 0.25) is 10.0 Å². The van der Waals surface area contributed by atoms with Crippen molar-refractivity contribution in [2.75, 3.05) is 0 Å². The Morgan fingerprint density at radius 2 is 2.04 bits per heavy atom. The highest BCUT2D eigenvalue weighted by Gasteiger charge is 2.14. The van der Waals surface area contributed by atoms with Crippen LogP contribution in [0.4, 0.5) is 0 Å². The second-order valence-electron chi connectivity index (χ2n) is 5.25. The third-order valence-corrected chi connectivity index (χ3v) is 6.18. The zero-order valence-electron chi connectivity index (χ0n) is 13.2. The molecule has 3 aromatic rings. The Morgan fingerprint density at radius 3 is 2.69 bits per heavy atom. The fourth-order valence-electron chi connectivity index (χ4n) is 2.34. The number of benzene rings is 2. The maximum atomic E-state index is 12.5. The zero-order chi connectivity index (χ0) is 18.9. The van der Waals surface area contributed by atoms with Gasteiger partial charge in [0.05, 0.1) is 27.2 Å². The first-order valence-corrected chi connectivity index (χ1v) is 10.4. The van der Waals surface area contributed by atoms with Crippen molar-refractivity contribution >= 4 is 53.4 Å². The summed E-state index contributed by atoms with van der Waals surface area (Å²) in [5.41, 5.74) is 1.10. The van der Waals surface area contributed by atoms with Crippen LogP contribution in [-0.2, 0) is 16.6 Å². The Bertz CT molecular complexity index is 1230.